The second-order valence-electron chi connectivity index (χ2n) is 4.29. The van der Waals surface area contributed by atoms with Crippen LogP contribution in [0, 0.1) is 5.92 Å². The third kappa shape index (κ3) is 2.69. The Hall–Kier alpha value is -1.64. The minimum atomic E-state index is -0.0880. The van der Waals surface area contributed by atoms with E-state index in [1.54, 1.807) is 24.3 Å². The lowest BCUT2D eigenvalue weighted by molar-refractivity contribution is 0.0952. The van der Waals surface area contributed by atoms with Crippen LogP contribution in [-0.4, -0.2) is 18.2 Å². The fourth-order valence-corrected chi connectivity index (χ4v) is 1.54. The molecule has 1 aliphatic rings. The van der Waals surface area contributed by atoms with Gasteiger partial charge in [0.1, 0.15) is 0 Å². The predicted octanol–water partition coefficient (Wildman–Crippen LogP) is 2.03. The van der Waals surface area contributed by atoms with Gasteiger partial charge in [-0.15, -0.1) is 0 Å². The van der Waals surface area contributed by atoms with Crippen LogP contribution in [0.3, 0.4) is 0 Å². The molecule has 0 unspecified atom stereocenters. The second kappa shape index (κ2) is 4.47. The lowest BCUT2D eigenvalue weighted by Crippen LogP contribution is -2.25. The molecule has 3 nitrogen and oxygen atoms in total. The number of Topliss-reactive ketones (excluding diaryl/α,β-unsaturated/α-hetero) is 1. The molecule has 2 rings (SSSR count). The van der Waals surface area contributed by atoms with Gasteiger partial charge in [0.2, 0.25) is 0 Å². The smallest absolute Gasteiger partial charge is 0.251 e. The highest BCUT2D eigenvalue weighted by Gasteiger charge is 2.21. The van der Waals surface area contributed by atoms with Gasteiger partial charge in [0, 0.05) is 17.7 Å². The van der Waals surface area contributed by atoms with Crippen molar-refractivity contribution in [2.75, 3.05) is 6.54 Å². The molecular formula is C13H15NO2. The summed E-state index contributed by atoms with van der Waals surface area (Å²) in [4.78, 5) is 22.9. The van der Waals surface area contributed by atoms with E-state index in [1.807, 2.05) is 0 Å². The minimum absolute atomic E-state index is 0.0168. The number of carbonyl (C=O) groups excluding carboxylic acids is 2. The maximum absolute atomic E-state index is 11.7. The average Bonchev–Trinajstić information content (AvgIpc) is 3.10. The highest BCUT2D eigenvalue weighted by molar-refractivity contribution is 5.99. The molecule has 0 spiro atoms. The molecule has 0 bridgehead atoms. The number of hydrogen-bond acceptors (Lipinski definition) is 2. The van der Waals surface area contributed by atoms with Gasteiger partial charge in [0.05, 0.1) is 0 Å². The first-order valence-corrected chi connectivity index (χ1v) is 5.56. The Morgan fingerprint density at radius 1 is 1.31 bits per heavy atom. The third-order valence-electron chi connectivity index (χ3n) is 2.78. The molecule has 84 valence electrons. The molecule has 1 N–H and O–H groups in total. The van der Waals surface area contributed by atoms with E-state index in [9.17, 15) is 9.59 Å². The molecule has 0 atom stereocenters. The first-order chi connectivity index (χ1) is 7.66. The number of ketones is 1. The Morgan fingerprint density at radius 2 is 2.00 bits per heavy atom. The first kappa shape index (κ1) is 10.9. The molecule has 0 radical (unpaired) electrons. The Morgan fingerprint density at radius 3 is 2.62 bits per heavy atom. The van der Waals surface area contributed by atoms with Crippen molar-refractivity contribution in [2.24, 2.45) is 5.92 Å². The van der Waals surface area contributed by atoms with Gasteiger partial charge >= 0.3 is 0 Å². The third-order valence-corrected chi connectivity index (χ3v) is 2.78. The summed E-state index contributed by atoms with van der Waals surface area (Å²) in [5.41, 5.74) is 1.15. The maximum Gasteiger partial charge on any atom is 0.251 e. The van der Waals surface area contributed by atoms with Gasteiger partial charge in [0.15, 0.2) is 5.78 Å². The van der Waals surface area contributed by atoms with Crippen molar-refractivity contribution in [3.05, 3.63) is 35.4 Å². The van der Waals surface area contributed by atoms with E-state index in [2.05, 4.69) is 5.32 Å². The van der Waals surface area contributed by atoms with Crippen LogP contribution in [0.2, 0.25) is 0 Å². The molecule has 3 heteroatoms. The molecule has 1 aliphatic carbocycles. The highest BCUT2D eigenvalue weighted by atomic mass is 16.1. The predicted molar refractivity (Wildman–Crippen MR) is 61.5 cm³/mol. The number of carbonyl (C=O) groups is 2. The first-order valence-electron chi connectivity index (χ1n) is 5.56. The quantitative estimate of drug-likeness (QED) is 0.784. The lowest BCUT2D eigenvalue weighted by Gasteiger charge is -2.04. The van der Waals surface area contributed by atoms with Crippen LogP contribution in [0.1, 0.15) is 40.5 Å². The van der Waals surface area contributed by atoms with Crippen molar-refractivity contribution >= 4 is 11.7 Å². The number of rotatable bonds is 4. The normalized spacial score (nSPS) is 14.6. The Bertz CT molecular complexity index is 422. The zero-order chi connectivity index (χ0) is 11.5. The van der Waals surface area contributed by atoms with Crippen LogP contribution in [0.25, 0.3) is 0 Å². The van der Waals surface area contributed by atoms with Crippen molar-refractivity contribution in [3.63, 3.8) is 0 Å². The van der Waals surface area contributed by atoms with Gasteiger partial charge in [-0.1, -0.05) is 12.1 Å². The Kier molecular flexibility index (Phi) is 3.04. The summed E-state index contributed by atoms with van der Waals surface area (Å²) >= 11 is 0. The van der Waals surface area contributed by atoms with Crippen LogP contribution in [0.5, 0.6) is 0 Å². The van der Waals surface area contributed by atoms with Gasteiger partial charge < -0.3 is 5.32 Å². The average molecular weight is 217 g/mol. The second-order valence-corrected chi connectivity index (χ2v) is 4.29. The molecule has 1 aromatic rings. The number of benzene rings is 1. The van der Waals surface area contributed by atoms with E-state index in [4.69, 9.17) is 0 Å². The van der Waals surface area contributed by atoms with Crippen LogP contribution in [0.15, 0.2) is 24.3 Å². The van der Waals surface area contributed by atoms with Crippen molar-refractivity contribution in [3.8, 4) is 0 Å². The van der Waals surface area contributed by atoms with Crippen molar-refractivity contribution in [1.29, 1.82) is 0 Å². The molecule has 16 heavy (non-hydrogen) atoms. The molecular weight excluding hydrogens is 202 g/mol. The number of hydrogen-bond donors (Lipinski definition) is 1. The molecule has 1 amide bonds. The van der Waals surface area contributed by atoms with Crippen LogP contribution >= 0.6 is 0 Å². The van der Waals surface area contributed by atoms with Gasteiger partial charge in [-0.05, 0) is 37.8 Å². The van der Waals surface area contributed by atoms with Crippen molar-refractivity contribution in [2.45, 2.75) is 19.8 Å². The summed E-state index contributed by atoms with van der Waals surface area (Å²) in [6.07, 6.45) is 2.43. The van der Waals surface area contributed by atoms with Crippen LogP contribution in [-0.2, 0) is 0 Å². The van der Waals surface area contributed by atoms with Crippen molar-refractivity contribution < 1.29 is 9.59 Å². The van der Waals surface area contributed by atoms with Gasteiger partial charge in [-0.3, -0.25) is 9.59 Å². The Balaban J connectivity index is 2.03. The summed E-state index contributed by atoms with van der Waals surface area (Å²) in [5.74, 6) is 0.562. The Labute approximate surface area is 94.9 Å². The molecule has 0 aromatic heterocycles. The lowest BCUT2D eigenvalue weighted by atomic mass is 10.1. The fourth-order valence-electron chi connectivity index (χ4n) is 1.54. The van der Waals surface area contributed by atoms with E-state index in [0.717, 1.165) is 6.54 Å². The summed E-state index contributed by atoms with van der Waals surface area (Å²) < 4.78 is 0. The maximum atomic E-state index is 11.7. The summed E-state index contributed by atoms with van der Waals surface area (Å²) in [6, 6.07) is 6.84. The van der Waals surface area contributed by atoms with Crippen LogP contribution < -0.4 is 5.32 Å². The van der Waals surface area contributed by atoms with Gasteiger partial charge in [-0.25, -0.2) is 0 Å². The molecule has 0 heterocycles. The van der Waals surface area contributed by atoms with Crippen LogP contribution in [0.4, 0.5) is 0 Å². The van der Waals surface area contributed by atoms with E-state index in [-0.39, 0.29) is 11.7 Å². The summed E-state index contributed by atoms with van der Waals surface area (Å²) in [7, 11) is 0. The molecule has 1 fully saturated rings. The minimum Gasteiger partial charge on any atom is -0.352 e. The molecule has 1 aromatic carbocycles. The van der Waals surface area contributed by atoms with E-state index < -0.39 is 0 Å². The number of amides is 1. The number of nitrogens with one attached hydrogen (secondary N) is 1. The van der Waals surface area contributed by atoms with Crippen molar-refractivity contribution in [1.82, 2.24) is 5.32 Å². The summed E-state index contributed by atoms with van der Waals surface area (Å²) in [5, 5.41) is 2.88. The monoisotopic (exact) mass is 217 g/mol. The largest absolute Gasteiger partial charge is 0.352 e. The zero-order valence-electron chi connectivity index (χ0n) is 9.32. The van der Waals surface area contributed by atoms with E-state index in [0.29, 0.717) is 17.0 Å². The van der Waals surface area contributed by atoms with Gasteiger partial charge in [0.25, 0.3) is 5.91 Å². The zero-order valence-corrected chi connectivity index (χ0v) is 9.32. The highest BCUT2D eigenvalue weighted by Crippen LogP contribution is 2.27. The fraction of sp³-hybridized carbons (Fsp3) is 0.385. The van der Waals surface area contributed by atoms with E-state index >= 15 is 0 Å². The molecule has 0 saturated heterocycles. The van der Waals surface area contributed by atoms with E-state index in [1.165, 1.54) is 19.8 Å². The summed E-state index contributed by atoms with van der Waals surface area (Å²) in [6.45, 7) is 2.25. The topological polar surface area (TPSA) is 46.2 Å². The van der Waals surface area contributed by atoms with Gasteiger partial charge in [-0.2, -0.15) is 0 Å². The standard InChI is InChI=1S/C13H15NO2/c1-9(15)11-3-2-4-12(7-11)13(16)14-8-10-5-6-10/h2-4,7,10H,5-6,8H2,1H3,(H,14,16). The molecule has 1 saturated carbocycles. The SMILES string of the molecule is CC(=O)c1cccc(C(=O)NCC2CC2)c1. The molecule has 0 aliphatic heterocycles.